The Morgan fingerprint density at radius 2 is 1.94 bits per heavy atom. The van der Waals surface area contributed by atoms with Crippen LogP contribution in [-0.4, -0.2) is 47.2 Å². The number of nitrogens with zero attached hydrogens (tertiary/aromatic N) is 1. The molecule has 0 aromatic heterocycles. The van der Waals surface area contributed by atoms with Gasteiger partial charge in [-0.25, -0.2) is 0 Å². The quantitative estimate of drug-likeness (QED) is 0.553. The lowest BCUT2D eigenvalue weighted by molar-refractivity contribution is -0.157. The van der Waals surface area contributed by atoms with Gasteiger partial charge < -0.3 is 15.0 Å². The highest BCUT2D eigenvalue weighted by Crippen LogP contribution is 2.36. The lowest BCUT2D eigenvalue weighted by atomic mass is 9.77. The number of carbonyl (C=O) groups excluding carboxylic acids is 4. The number of anilines is 1. The molecule has 1 aliphatic carbocycles. The predicted octanol–water partition coefficient (Wildman–Crippen LogP) is 3.43. The summed E-state index contributed by atoms with van der Waals surface area (Å²) in [4.78, 5) is 51.1. The van der Waals surface area contributed by atoms with Crippen molar-refractivity contribution >= 4 is 29.3 Å². The van der Waals surface area contributed by atoms with E-state index in [9.17, 15) is 19.2 Å². The van der Waals surface area contributed by atoms with E-state index < -0.39 is 23.9 Å². The van der Waals surface area contributed by atoms with Crippen molar-refractivity contribution in [3.05, 3.63) is 29.8 Å². The SMILES string of the molecule is CC(=O)c1cccc(NC(=O)[C@H](C)OC(=O)[C@@H]2CC(=O)N([C@H]3CCC[C@H](C)[C@H]3C)C2)c1. The number of amides is 2. The van der Waals surface area contributed by atoms with Gasteiger partial charge in [-0.3, -0.25) is 19.2 Å². The molecule has 7 heteroatoms. The van der Waals surface area contributed by atoms with Crippen LogP contribution in [0.1, 0.15) is 63.7 Å². The molecular weight excluding hydrogens is 396 g/mol. The monoisotopic (exact) mass is 428 g/mol. The van der Waals surface area contributed by atoms with Crippen LogP contribution in [0.4, 0.5) is 5.69 Å². The number of hydrogen-bond acceptors (Lipinski definition) is 5. The molecule has 2 fully saturated rings. The van der Waals surface area contributed by atoms with Crippen LogP contribution in [-0.2, 0) is 19.1 Å². The molecule has 2 amide bonds. The summed E-state index contributed by atoms with van der Waals surface area (Å²) in [6.07, 6.45) is 2.36. The molecule has 0 spiro atoms. The Bertz CT molecular complexity index is 867. The molecule has 1 aromatic carbocycles. The molecule has 1 aromatic rings. The molecule has 1 saturated carbocycles. The highest BCUT2D eigenvalue weighted by Gasteiger charge is 2.42. The summed E-state index contributed by atoms with van der Waals surface area (Å²) in [6, 6.07) is 6.75. The standard InChI is InChI=1S/C24H32N2O5/c1-14-7-5-10-21(15(14)2)26-13-19(12-22(26)28)24(30)31-17(4)23(29)25-20-9-6-8-18(11-20)16(3)27/h6,8-9,11,14-15,17,19,21H,5,7,10,12-13H2,1-4H3,(H,25,29)/t14-,15+,17-,19+,21-/m0/s1. The number of ether oxygens (including phenoxy) is 1. The van der Waals surface area contributed by atoms with Crippen LogP contribution in [0, 0.1) is 17.8 Å². The van der Waals surface area contributed by atoms with Crippen molar-refractivity contribution < 1.29 is 23.9 Å². The summed E-state index contributed by atoms with van der Waals surface area (Å²) >= 11 is 0. The van der Waals surface area contributed by atoms with E-state index in [4.69, 9.17) is 4.74 Å². The third-order valence-electron chi connectivity index (χ3n) is 6.75. The maximum Gasteiger partial charge on any atom is 0.312 e. The van der Waals surface area contributed by atoms with Crippen molar-refractivity contribution in [2.75, 3.05) is 11.9 Å². The van der Waals surface area contributed by atoms with Gasteiger partial charge in [0.2, 0.25) is 5.91 Å². The van der Waals surface area contributed by atoms with Crippen molar-refractivity contribution in [3.63, 3.8) is 0 Å². The van der Waals surface area contributed by atoms with Gasteiger partial charge in [0, 0.05) is 30.3 Å². The Hall–Kier alpha value is -2.70. The van der Waals surface area contributed by atoms with Crippen molar-refractivity contribution in [3.8, 4) is 0 Å². The summed E-state index contributed by atoms with van der Waals surface area (Å²) in [7, 11) is 0. The van der Waals surface area contributed by atoms with Crippen molar-refractivity contribution in [2.45, 2.75) is 65.5 Å². The second-order valence-electron chi connectivity index (χ2n) is 8.99. The first-order valence-electron chi connectivity index (χ1n) is 11.1. The molecule has 0 bridgehead atoms. The highest BCUT2D eigenvalue weighted by molar-refractivity contribution is 5.98. The third kappa shape index (κ3) is 5.32. The van der Waals surface area contributed by atoms with Gasteiger partial charge >= 0.3 is 5.97 Å². The topological polar surface area (TPSA) is 92.8 Å². The van der Waals surface area contributed by atoms with E-state index >= 15 is 0 Å². The normalized spacial score (nSPS) is 27.0. The molecule has 5 atom stereocenters. The maximum absolute atomic E-state index is 12.7. The van der Waals surface area contributed by atoms with Crippen molar-refractivity contribution in [1.82, 2.24) is 4.90 Å². The average molecular weight is 429 g/mol. The summed E-state index contributed by atoms with van der Waals surface area (Å²) in [6.45, 7) is 7.71. The highest BCUT2D eigenvalue weighted by atomic mass is 16.5. The van der Waals surface area contributed by atoms with Crippen LogP contribution in [0.5, 0.6) is 0 Å². The number of nitrogens with one attached hydrogen (secondary N) is 1. The zero-order valence-corrected chi connectivity index (χ0v) is 18.7. The molecular formula is C24H32N2O5. The number of likely N-dealkylation sites (tertiary alicyclic amines) is 1. The minimum absolute atomic E-state index is 0.00828. The van der Waals surface area contributed by atoms with Gasteiger partial charge in [-0.15, -0.1) is 0 Å². The van der Waals surface area contributed by atoms with E-state index in [0.717, 1.165) is 12.8 Å². The molecule has 7 nitrogen and oxygen atoms in total. The smallest absolute Gasteiger partial charge is 0.312 e. The molecule has 168 valence electrons. The first-order valence-corrected chi connectivity index (χ1v) is 11.1. The molecule has 1 aliphatic heterocycles. The van der Waals surface area contributed by atoms with Crippen LogP contribution in [0.15, 0.2) is 24.3 Å². The fourth-order valence-electron chi connectivity index (χ4n) is 4.59. The van der Waals surface area contributed by atoms with Gasteiger partial charge in [-0.2, -0.15) is 0 Å². The van der Waals surface area contributed by atoms with Crippen LogP contribution >= 0.6 is 0 Å². The van der Waals surface area contributed by atoms with E-state index in [1.54, 1.807) is 24.3 Å². The fourth-order valence-corrected chi connectivity index (χ4v) is 4.59. The minimum Gasteiger partial charge on any atom is -0.452 e. The van der Waals surface area contributed by atoms with E-state index in [1.807, 2.05) is 4.90 Å². The molecule has 1 heterocycles. The van der Waals surface area contributed by atoms with Crippen molar-refractivity contribution in [1.29, 1.82) is 0 Å². The number of carbonyl (C=O) groups is 4. The molecule has 0 radical (unpaired) electrons. The molecule has 1 saturated heterocycles. The Morgan fingerprint density at radius 3 is 2.65 bits per heavy atom. The second-order valence-corrected chi connectivity index (χ2v) is 8.99. The van der Waals surface area contributed by atoms with Crippen LogP contribution in [0.25, 0.3) is 0 Å². The van der Waals surface area contributed by atoms with Gasteiger partial charge in [0.15, 0.2) is 11.9 Å². The van der Waals surface area contributed by atoms with Gasteiger partial charge in [-0.05, 0) is 44.2 Å². The molecule has 2 aliphatic rings. The Morgan fingerprint density at radius 1 is 1.19 bits per heavy atom. The first-order chi connectivity index (χ1) is 14.7. The zero-order chi connectivity index (χ0) is 22.7. The summed E-state index contributed by atoms with van der Waals surface area (Å²) in [5, 5.41) is 2.67. The van der Waals surface area contributed by atoms with E-state index in [0.29, 0.717) is 29.6 Å². The lowest BCUT2D eigenvalue weighted by Gasteiger charge is -2.39. The second kappa shape index (κ2) is 9.62. The molecule has 3 rings (SSSR count). The van der Waals surface area contributed by atoms with Crippen LogP contribution in [0.3, 0.4) is 0 Å². The maximum atomic E-state index is 12.7. The Kier molecular flexibility index (Phi) is 7.13. The van der Waals surface area contributed by atoms with E-state index in [1.165, 1.54) is 20.3 Å². The van der Waals surface area contributed by atoms with Crippen LogP contribution in [0.2, 0.25) is 0 Å². The number of esters is 1. The van der Waals surface area contributed by atoms with E-state index in [2.05, 4.69) is 19.2 Å². The lowest BCUT2D eigenvalue weighted by Crippen LogP contribution is -2.45. The van der Waals surface area contributed by atoms with Gasteiger partial charge in [0.25, 0.3) is 5.91 Å². The van der Waals surface area contributed by atoms with Gasteiger partial charge in [0.1, 0.15) is 0 Å². The third-order valence-corrected chi connectivity index (χ3v) is 6.75. The zero-order valence-electron chi connectivity index (χ0n) is 18.7. The number of rotatable bonds is 6. The minimum atomic E-state index is -1.01. The summed E-state index contributed by atoms with van der Waals surface area (Å²) < 4.78 is 5.38. The first kappa shape index (κ1) is 23.0. The molecule has 1 N–H and O–H groups in total. The number of benzene rings is 1. The number of ketones is 1. The molecule has 31 heavy (non-hydrogen) atoms. The summed E-state index contributed by atoms with van der Waals surface area (Å²) in [5.41, 5.74) is 0.946. The average Bonchev–Trinajstić information content (AvgIpc) is 3.11. The summed E-state index contributed by atoms with van der Waals surface area (Å²) in [5.74, 6) is -0.699. The molecule has 0 unspecified atom stereocenters. The number of Topliss-reactive ketones (excluding diaryl/α,β-unsaturated/α-hetero) is 1. The Labute approximate surface area is 183 Å². The largest absolute Gasteiger partial charge is 0.452 e. The van der Waals surface area contributed by atoms with Crippen molar-refractivity contribution in [2.24, 2.45) is 17.8 Å². The fraction of sp³-hybridized carbons (Fsp3) is 0.583. The van der Waals surface area contributed by atoms with Gasteiger partial charge in [0.05, 0.1) is 5.92 Å². The predicted molar refractivity (Wildman–Crippen MR) is 116 cm³/mol. The van der Waals surface area contributed by atoms with Crippen LogP contribution < -0.4 is 5.32 Å². The number of hydrogen-bond donors (Lipinski definition) is 1. The Balaban J connectivity index is 1.56. The van der Waals surface area contributed by atoms with E-state index in [-0.39, 0.29) is 24.2 Å². The van der Waals surface area contributed by atoms with Gasteiger partial charge in [-0.1, -0.05) is 38.8 Å².